The lowest BCUT2D eigenvalue weighted by molar-refractivity contribution is -0.121. The van der Waals surface area contributed by atoms with Gasteiger partial charge in [-0.2, -0.15) is 0 Å². The lowest BCUT2D eigenvalue weighted by Gasteiger charge is -2.08. The minimum absolute atomic E-state index is 0. The Balaban J connectivity index is 0.00000156. The summed E-state index contributed by atoms with van der Waals surface area (Å²) in [5.41, 5.74) is 1.56. The maximum Gasteiger partial charge on any atom is 0.220 e. The molecule has 1 saturated heterocycles. The number of hydrogen-bond acceptors (Lipinski definition) is 3. The molecule has 1 aliphatic rings. The number of aromatic nitrogens is 2. The maximum absolute atomic E-state index is 13.3. The number of amides is 1. The van der Waals surface area contributed by atoms with E-state index in [0.29, 0.717) is 25.3 Å². The van der Waals surface area contributed by atoms with Crippen LogP contribution in [0.5, 0.6) is 0 Å². The number of fused-ring (bicyclic) bond motifs is 1. The molecule has 0 radical (unpaired) electrons. The summed E-state index contributed by atoms with van der Waals surface area (Å²) >= 11 is 0. The van der Waals surface area contributed by atoms with Crippen LogP contribution in [0.1, 0.15) is 25.1 Å². The van der Waals surface area contributed by atoms with Gasteiger partial charge in [0.15, 0.2) is 0 Å². The Morgan fingerprint density at radius 3 is 2.96 bits per heavy atom. The van der Waals surface area contributed by atoms with E-state index in [0.717, 1.165) is 36.4 Å². The van der Waals surface area contributed by atoms with Gasteiger partial charge >= 0.3 is 0 Å². The van der Waals surface area contributed by atoms with Gasteiger partial charge < -0.3 is 15.2 Å². The van der Waals surface area contributed by atoms with Gasteiger partial charge in [-0.05, 0) is 50.0 Å². The van der Waals surface area contributed by atoms with Gasteiger partial charge in [0, 0.05) is 26.4 Å². The molecular formula is C17H25Cl2FN4O. The fourth-order valence-corrected chi connectivity index (χ4v) is 3.13. The van der Waals surface area contributed by atoms with Crippen molar-refractivity contribution in [2.75, 3.05) is 19.6 Å². The van der Waals surface area contributed by atoms with Gasteiger partial charge in [0.25, 0.3) is 0 Å². The summed E-state index contributed by atoms with van der Waals surface area (Å²) in [6.45, 7) is 2.66. The zero-order chi connectivity index (χ0) is 16.2. The summed E-state index contributed by atoms with van der Waals surface area (Å²) in [5.74, 6) is 1.32. The van der Waals surface area contributed by atoms with E-state index in [2.05, 4.69) is 15.6 Å². The van der Waals surface area contributed by atoms with E-state index < -0.39 is 0 Å². The van der Waals surface area contributed by atoms with Crippen LogP contribution in [0.3, 0.4) is 0 Å². The summed E-state index contributed by atoms with van der Waals surface area (Å²) in [6, 6.07) is 4.58. The molecule has 1 unspecified atom stereocenters. The second kappa shape index (κ2) is 9.94. The molecule has 5 nitrogen and oxygen atoms in total. The van der Waals surface area contributed by atoms with Crippen molar-refractivity contribution in [1.82, 2.24) is 20.2 Å². The Morgan fingerprint density at radius 2 is 2.24 bits per heavy atom. The molecule has 8 heteroatoms. The van der Waals surface area contributed by atoms with E-state index in [1.54, 1.807) is 6.07 Å². The SMILES string of the molecule is Cl.Cl.Cn1c(CCNC(=O)CCC2CCNC2)nc2ccc(F)cc21. The number of halogens is 3. The second-order valence-corrected chi connectivity index (χ2v) is 6.22. The highest BCUT2D eigenvalue weighted by Crippen LogP contribution is 2.16. The Bertz CT molecular complexity index is 701. The van der Waals surface area contributed by atoms with Gasteiger partial charge in [-0.15, -0.1) is 24.8 Å². The summed E-state index contributed by atoms with van der Waals surface area (Å²) in [5, 5.41) is 6.27. The zero-order valence-electron chi connectivity index (χ0n) is 14.3. The first-order valence-corrected chi connectivity index (χ1v) is 8.22. The highest BCUT2D eigenvalue weighted by molar-refractivity contribution is 5.85. The summed E-state index contributed by atoms with van der Waals surface area (Å²) in [7, 11) is 1.87. The van der Waals surface area contributed by atoms with Crippen LogP contribution in [0.2, 0.25) is 0 Å². The monoisotopic (exact) mass is 390 g/mol. The number of hydrogen-bond donors (Lipinski definition) is 2. The largest absolute Gasteiger partial charge is 0.356 e. The van der Waals surface area contributed by atoms with Crippen LogP contribution in [0.15, 0.2) is 18.2 Å². The van der Waals surface area contributed by atoms with Crippen molar-refractivity contribution in [2.24, 2.45) is 13.0 Å². The molecule has 1 aromatic heterocycles. The van der Waals surface area contributed by atoms with Gasteiger partial charge in [-0.1, -0.05) is 0 Å². The smallest absolute Gasteiger partial charge is 0.220 e. The fraction of sp³-hybridized carbons (Fsp3) is 0.529. The molecule has 25 heavy (non-hydrogen) atoms. The highest BCUT2D eigenvalue weighted by atomic mass is 35.5. The predicted octanol–water partition coefficient (Wildman–Crippen LogP) is 2.60. The molecule has 140 valence electrons. The molecular weight excluding hydrogens is 366 g/mol. The second-order valence-electron chi connectivity index (χ2n) is 6.22. The van der Waals surface area contributed by atoms with E-state index >= 15 is 0 Å². The van der Waals surface area contributed by atoms with Crippen molar-refractivity contribution in [3.8, 4) is 0 Å². The quantitative estimate of drug-likeness (QED) is 0.796. The molecule has 2 heterocycles. The van der Waals surface area contributed by atoms with Gasteiger partial charge in [0.2, 0.25) is 5.91 Å². The van der Waals surface area contributed by atoms with Crippen molar-refractivity contribution in [3.05, 3.63) is 29.8 Å². The molecule has 2 N–H and O–H groups in total. The average Bonchev–Trinajstić information content (AvgIpc) is 3.15. The van der Waals surface area contributed by atoms with Crippen LogP contribution < -0.4 is 10.6 Å². The average molecular weight is 391 g/mol. The molecule has 0 aliphatic carbocycles. The number of imidazole rings is 1. The topological polar surface area (TPSA) is 59.0 Å². The van der Waals surface area contributed by atoms with Gasteiger partial charge in [-0.25, -0.2) is 9.37 Å². The Hall–Kier alpha value is -1.37. The van der Waals surface area contributed by atoms with E-state index in [1.807, 2.05) is 11.6 Å². The number of aryl methyl sites for hydroxylation is 1. The third-order valence-corrected chi connectivity index (χ3v) is 4.55. The Labute approximate surface area is 159 Å². The minimum atomic E-state index is -0.262. The fourth-order valence-electron chi connectivity index (χ4n) is 3.13. The van der Waals surface area contributed by atoms with E-state index in [4.69, 9.17) is 0 Å². The Morgan fingerprint density at radius 1 is 1.44 bits per heavy atom. The van der Waals surface area contributed by atoms with Crippen LogP contribution in [0.25, 0.3) is 11.0 Å². The molecule has 2 aromatic rings. The number of benzene rings is 1. The molecule has 1 aromatic carbocycles. The van der Waals surface area contributed by atoms with Crippen molar-refractivity contribution in [1.29, 1.82) is 0 Å². The molecule has 0 spiro atoms. The molecule has 3 rings (SSSR count). The number of nitrogens with zero attached hydrogens (tertiary/aromatic N) is 2. The van der Waals surface area contributed by atoms with E-state index in [9.17, 15) is 9.18 Å². The molecule has 0 saturated carbocycles. The van der Waals surface area contributed by atoms with Crippen molar-refractivity contribution >= 4 is 41.8 Å². The lowest BCUT2D eigenvalue weighted by Crippen LogP contribution is -2.26. The summed E-state index contributed by atoms with van der Waals surface area (Å²) in [4.78, 5) is 16.4. The van der Waals surface area contributed by atoms with E-state index in [1.165, 1.54) is 18.6 Å². The minimum Gasteiger partial charge on any atom is -0.356 e. The first-order chi connectivity index (χ1) is 11.1. The maximum atomic E-state index is 13.3. The van der Waals surface area contributed by atoms with Crippen LogP contribution >= 0.6 is 24.8 Å². The van der Waals surface area contributed by atoms with Crippen molar-refractivity contribution in [3.63, 3.8) is 0 Å². The number of nitrogens with one attached hydrogen (secondary N) is 2. The van der Waals surface area contributed by atoms with Gasteiger partial charge in [-0.3, -0.25) is 4.79 Å². The lowest BCUT2D eigenvalue weighted by atomic mass is 10.0. The van der Waals surface area contributed by atoms with Gasteiger partial charge in [0.1, 0.15) is 11.6 Å². The standard InChI is InChI=1S/C17H23FN4O.2ClH/c1-22-15-10-13(18)3-4-14(15)21-16(22)7-9-20-17(23)5-2-12-6-8-19-11-12;;/h3-4,10,12,19H,2,5-9,11H2,1H3,(H,20,23);2*1H. The Kier molecular flexibility index (Phi) is 8.62. The highest BCUT2D eigenvalue weighted by Gasteiger charge is 2.15. The van der Waals surface area contributed by atoms with Gasteiger partial charge in [0.05, 0.1) is 11.0 Å². The first kappa shape index (κ1) is 21.7. The summed E-state index contributed by atoms with van der Waals surface area (Å²) < 4.78 is 15.2. The van der Waals surface area contributed by atoms with Crippen LogP contribution in [0.4, 0.5) is 4.39 Å². The van der Waals surface area contributed by atoms with Crippen LogP contribution in [0, 0.1) is 11.7 Å². The van der Waals surface area contributed by atoms with E-state index in [-0.39, 0.29) is 36.5 Å². The molecule has 1 amide bonds. The zero-order valence-corrected chi connectivity index (χ0v) is 15.9. The normalized spacial score (nSPS) is 16.3. The van der Waals surface area contributed by atoms with Crippen molar-refractivity contribution in [2.45, 2.75) is 25.7 Å². The third-order valence-electron chi connectivity index (χ3n) is 4.55. The number of rotatable bonds is 6. The predicted molar refractivity (Wildman–Crippen MR) is 102 cm³/mol. The van der Waals surface area contributed by atoms with Crippen LogP contribution in [-0.4, -0.2) is 35.1 Å². The number of carbonyl (C=O) groups excluding carboxylic acids is 1. The number of carbonyl (C=O) groups is 1. The third kappa shape index (κ3) is 5.56. The molecule has 1 atom stereocenters. The first-order valence-electron chi connectivity index (χ1n) is 8.22. The molecule has 0 bridgehead atoms. The van der Waals surface area contributed by atoms with Crippen LogP contribution in [-0.2, 0) is 18.3 Å². The molecule has 1 fully saturated rings. The molecule has 1 aliphatic heterocycles. The van der Waals surface area contributed by atoms with Crippen molar-refractivity contribution < 1.29 is 9.18 Å². The summed E-state index contributed by atoms with van der Waals surface area (Å²) in [6.07, 6.45) is 3.34.